The van der Waals surface area contributed by atoms with E-state index in [1.807, 2.05) is 0 Å². The van der Waals surface area contributed by atoms with Crippen molar-refractivity contribution in [2.24, 2.45) is 0 Å². The lowest BCUT2D eigenvalue weighted by Gasteiger charge is -2.15. The number of carbonyl (C=O) groups is 2. The van der Waals surface area contributed by atoms with Crippen molar-refractivity contribution < 1.29 is 33.6 Å². The molecule has 1 aromatic rings. The second-order valence-electron chi connectivity index (χ2n) is 4.09. The molecule has 0 aliphatic heterocycles. The minimum absolute atomic E-state index is 0.0919. The molecule has 0 spiro atoms. The highest BCUT2D eigenvalue weighted by Crippen LogP contribution is 2.27. The maximum Gasteiger partial charge on any atom is 0.513 e. The van der Waals surface area contributed by atoms with E-state index in [1.165, 1.54) is 6.20 Å². The van der Waals surface area contributed by atoms with Crippen LogP contribution in [-0.4, -0.2) is 35.6 Å². The van der Waals surface area contributed by atoms with E-state index in [1.54, 1.807) is 20.8 Å². The number of aliphatic hydroxyl groups is 1. The van der Waals surface area contributed by atoms with Gasteiger partial charge in [0, 0.05) is 17.3 Å². The maximum atomic E-state index is 11.5. The molecule has 0 bridgehead atoms. The highest BCUT2D eigenvalue weighted by Gasteiger charge is 2.19. The second-order valence-corrected chi connectivity index (χ2v) is 4.09. The van der Waals surface area contributed by atoms with Gasteiger partial charge in [-0.2, -0.15) is 0 Å². The van der Waals surface area contributed by atoms with Crippen molar-refractivity contribution in [2.45, 2.75) is 34.0 Å². The van der Waals surface area contributed by atoms with Gasteiger partial charge < -0.3 is 24.1 Å². The predicted octanol–water partition coefficient (Wildman–Crippen LogP) is 2.09. The zero-order valence-corrected chi connectivity index (χ0v) is 12.7. The zero-order valence-electron chi connectivity index (χ0n) is 12.7. The number of nitrogens with zero attached hydrogens (tertiary/aromatic N) is 1. The summed E-state index contributed by atoms with van der Waals surface area (Å²) in [4.78, 5) is 26.8. The Hall–Kier alpha value is -2.35. The molecule has 0 saturated heterocycles. The fourth-order valence-corrected chi connectivity index (χ4v) is 1.63. The molecule has 0 amide bonds. The Labute approximate surface area is 128 Å². The lowest BCUT2D eigenvalue weighted by Crippen LogP contribution is -2.15. The molecule has 0 unspecified atom stereocenters. The minimum Gasteiger partial charge on any atom is -0.435 e. The van der Waals surface area contributed by atoms with E-state index in [-0.39, 0.29) is 32.2 Å². The van der Waals surface area contributed by atoms with Crippen LogP contribution in [0.2, 0.25) is 0 Å². The summed E-state index contributed by atoms with van der Waals surface area (Å²) in [5.74, 6) is 0.0919. The van der Waals surface area contributed by atoms with Gasteiger partial charge in [0.1, 0.15) is 6.61 Å². The van der Waals surface area contributed by atoms with Crippen LogP contribution in [0.1, 0.15) is 30.7 Å². The number of pyridine rings is 1. The number of rotatable bonds is 6. The normalized spacial score (nSPS) is 10.0. The standard InChI is InChI=1S/C14H19NO7/c1-4-19-13(17)21-8-11-10(7-16)6-15-9(3)12(11)22-14(18)20-5-2/h6,16H,4-5,7-8H2,1-3H3. The third-order valence-corrected chi connectivity index (χ3v) is 2.62. The topological polar surface area (TPSA) is 104 Å². The average molecular weight is 313 g/mol. The van der Waals surface area contributed by atoms with Crippen LogP contribution in [-0.2, 0) is 27.4 Å². The van der Waals surface area contributed by atoms with Crippen LogP contribution in [0.3, 0.4) is 0 Å². The number of carbonyl (C=O) groups excluding carboxylic acids is 2. The summed E-state index contributed by atoms with van der Waals surface area (Å²) < 4.78 is 19.4. The molecule has 0 fully saturated rings. The number of aliphatic hydroxyl groups excluding tert-OH is 1. The Balaban J connectivity index is 3.01. The van der Waals surface area contributed by atoms with E-state index >= 15 is 0 Å². The van der Waals surface area contributed by atoms with Crippen molar-refractivity contribution in [2.75, 3.05) is 13.2 Å². The van der Waals surface area contributed by atoms with Crippen molar-refractivity contribution in [3.63, 3.8) is 0 Å². The first-order chi connectivity index (χ1) is 10.5. The van der Waals surface area contributed by atoms with E-state index in [4.69, 9.17) is 14.2 Å². The van der Waals surface area contributed by atoms with Gasteiger partial charge in [0.15, 0.2) is 5.75 Å². The molecular weight excluding hydrogens is 294 g/mol. The first-order valence-electron chi connectivity index (χ1n) is 6.75. The molecule has 22 heavy (non-hydrogen) atoms. The van der Waals surface area contributed by atoms with Gasteiger partial charge in [-0.15, -0.1) is 0 Å². The minimum atomic E-state index is -0.903. The number of ether oxygens (including phenoxy) is 4. The van der Waals surface area contributed by atoms with Gasteiger partial charge in [0.25, 0.3) is 0 Å². The van der Waals surface area contributed by atoms with Crippen molar-refractivity contribution in [1.82, 2.24) is 4.98 Å². The number of aryl methyl sites for hydroxylation is 1. The molecule has 8 nitrogen and oxygen atoms in total. The van der Waals surface area contributed by atoms with Crippen LogP contribution >= 0.6 is 0 Å². The van der Waals surface area contributed by atoms with E-state index < -0.39 is 12.3 Å². The number of hydrogen-bond donors (Lipinski definition) is 1. The molecule has 0 aromatic carbocycles. The lowest BCUT2D eigenvalue weighted by molar-refractivity contribution is 0.0523. The Bertz CT molecular complexity index is 530. The maximum absolute atomic E-state index is 11.5. The Morgan fingerprint density at radius 2 is 1.77 bits per heavy atom. The Morgan fingerprint density at radius 1 is 1.14 bits per heavy atom. The molecule has 1 aromatic heterocycles. The zero-order chi connectivity index (χ0) is 16.5. The summed E-state index contributed by atoms with van der Waals surface area (Å²) in [6.45, 7) is 4.64. The van der Waals surface area contributed by atoms with Crippen LogP contribution in [0, 0.1) is 6.92 Å². The van der Waals surface area contributed by atoms with Crippen LogP contribution in [0.5, 0.6) is 5.75 Å². The summed E-state index contributed by atoms with van der Waals surface area (Å²) in [7, 11) is 0. The van der Waals surface area contributed by atoms with Gasteiger partial charge in [-0.3, -0.25) is 4.98 Å². The fraction of sp³-hybridized carbons (Fsp3) is 0.500. The number of hydrogen-bond acceptors (Lipinski definition) is 8. The highest BCUT2D eigenvalue weighted by atomic mass is 16.7. The SMILES string of the molecule is CCOC(=O)OCc1c(CO)cnc(C)c1OC(=O)OCC. The van der Waals surface area contributed by atoms with E-state index in [0.29, 0.717) is 16.8 Å². The van der Waals surface area contributed by atoms with Crippen LogP contribution in [0.15, 0.2) is 6.20 Å². The Kier molecular flexibility index (Phi) is 7.11. The van der Waals surface area contributed by atoms with Crippen LogP contribution < -0.4 is 4.74 Å². The van der Waals surface area contributed by atoms with E-state index in [0.717, 1.165) is 0 Å². The molecule has 1 N–H and O–H groups in total. The third-order valence-electron chi connectivity index (χ3n) is 2.62. The molecule has 0 saturated carbocycles. The summed E-state index contributed by atoms with van der Waals surface area (Å²) in [6, 6.07) is 0. The molecule has 0 aliphatic carbocycles. The summed E-state index contributed by atoms with van der Waals surface area (Å²) in [5.41, 5.74) is 1.10. The first kappa shape index (κ1) is 17.7. The molecule has 8 heteroatoms. The number of aromatic nitrogens is 1. The largest absolute Gasteiger partial charge is 0.513 e. The Morgan fingerprint density at radius 3 is 2.36 bits per heavy atom. The summed E-state index contributed by atoms with van der Waals surface area (Å²) in [5, 5.41) is 9.36. The van der Waals surface area contributed by atoms with Gasteiger partial charge >= 0.3 is 12.3 Å². The third kappa shape index (κ3) is 4.88. The van der Waals surface area contributed by atoms with E-state index in [2.05, 4.69) is 9.72 Å². The van der Waals surface area contributed by atoms with Gasteiger partial charge in [-0.25, -0.2) is 9.59 Å². The van der Waals surface area contributed by atoms with Crippen molar-refractivity contribution in [3.05, 3.63) is 23.0 Å². The monoisotopic (exact) mass is 313 g/mol. The molecule has 1 rings (SSSR count). The van der Waals surface area contributed by atoms with Crippen molar-refractivity contribution >= 4 is 12.3 Å². The smallest absolute Gasteiger partial charge is 0.435 e. The molecule has 122 valence electrons. The predicted molar refractivity (Wildman–Crippen MR) is 74.4 cm³/mol. The van der Waals surface area contributed by atoms with Crippen LogP contribution in [0.25, 0.3) is 0 Å². The molecule has 1 heterocycles. The molecule has 0 radical (unpaired) electrons. The molecule has 0 aliphatic rings. The summed E-state index contributed by atoms with van der Waals surface area (Å²) >= 11 is 0. The van der Waals surface area contributed by atoms with Crippen molar-refractivity contribution in [1.29, 1.82) is 0 Å². The van der Waals surface area contributed by atoms with E-state index in [9.17, 15) is 14.7 Å². The first-order valence-corrected chi connectivity index (χ1v) is 6.75. The average Bonchev–Trinajstić information content (AvgIpc) is 2.48. The lowest BCUT2D eigenvalue weighted by atomic mass is 10.1. The van der Waals surface area contributed by atoms with Gasteiger partial charge in [0.05, 0.1) is 25.5 Å². The summed E-state index contributed by atoms with van der Waals surface area (Å²) in [6.07, 6.45) is -0.347. The fourth-order valence-electron chi connectivity index (χ4n) is 1.63. The second kappa shape index (κ2) is 8.83. The van der Waals surface area contributed by atoms with Gasteiger partial charge in [0.2, 0.25) is 0 Å². The molecular formula is C14H19NO7. The van der Waals surface area contributed by atoms with Crippen molar-refractivity contribution in [3.8, 4) is 5.75 Å². The quantitative estimate of drug-likeness (QED) is 0.796. The van der Waals surface area contributed by atoms with Gasteiger partial charge in [-0.05, 0) is 20.8 Å². The molecule has 0 atom stereocenters. The highest BCUT2D eigenvalue weighted by molar-refractivity contribution is 5.65. The van der Waals surface area contributed by atoms with Gasteiger partial charge in [-0.1, -0.05) is 0 Å². The van der Waals surface area contributed by atoms with Crippen LogP contribution in [0.4, 0.5) is 9.59 Å².